The Labute approximate surface area is 154 Å². The lowest BCUT2D eigenvalue weighted by atomic mass is 10.0. The van der Waals surface area contributed by atoms with Crippen LogP contribution in [0.25, 0.3) is 0 Å². The van der Waals surface area contributed by atoms with Crippen LogP contribution in [0, 0.1) is 6.92 Å². The van der Waals surface area contributed by atoms with E-state index in [4.69, 9.17) is 0 Å². The van der Waals surface area contributed by atoms with Gasteiger partial charge in [0, 0.05) is 42.7 Å². The zero-order chi connectivity index (χ0) is 17.8. The highest BCUT2D eigenvalue weighted by Gasteiger charge is 2.30. The Kier molecular flexibility index (Phi) is 5.89. The molecule has 1 aliphatic rings. The number of nitrogens with zero attached hydrogens (tertiary/aromatic N) is 2. The molecule has 2 atom stereocenters. The second-order valence-corrected chi connectivity index (χ2v) is 7.91. The molecule has 0 spiro atoms. The van der Waals surface area contributed by atoms with Crippen molar-refractivity contribution in [3.8, 4) is 0 Å². The minimum absolute atomic E-state index is 0.00295. The number of carbonyl (C=O) groups is 1. The van der Waals surface area contributed by atoms with Gasteiger partial charge in [-0.25, -0.2) is 0 Å². The van der Waals surface area contributed by atoms with E-state index in [1.54, 1.807) is 11.3 Å². The summed E-state index contributed by atoms with van der Waals surface area (Å²) < 4.78 is 0. The van der Waals surface area contributed by atoms with Gasteiger partial charge in [-0.1, -0.05) is 23.8 Å². The van der Waals surface area contributed by atoms with Crippen molar-refractivity contribution in [1.29, 1.82) is 0 Å². The number of rotatable bonds is 5. The molecular weight excluding hydrogens is 330 g/mol. The van der Waals surface area contributed by atoms with Gasteiger partial charge in [-0.05, 0) is 44.5 Å². The molecule has 0 unspecified atom stereocenters. The predicted octanol–water partition coefficient (Wildman–Crippen LogP) is 3.16. The van der Waals surface area contributed by atoms with Crippen LogP contribution in [-0.4, -0.2) is 55.0 Å². The number of aryl methyl sites for hydroxylation is 1. The van der Waals surface area contributed by atoms with Crippen LogP contribution in [0.15, 0.2) is 41.8 Å². The van der Waals surface area contributed by atoms with Gasteiger partial charge in [-0.3, -0.25) is 9.69 Å². The van der Waals surface area contributed by atoms with Gasteiger partial charge < -0.3 is 10.2 Å². The van der Waals surface area contributed by atoms with Crippen LogP contribution < -0.4 is 5.32 Å². The fraction of sp³-hybridized carbons (Fsp3) is 0.450. The van der Waals surface area contributed by atoms with Crippen molar-refractivity contribution in [2.24, 2.45) is 0 Å². The smallest absolute Gasteiger partial charge is 0.251 e. The first-order chi connectivity index (χ1) is 12.0. The van der Waals surface area contributed by atoms with Crippen molar-refractivity contribution < 1.29 is 4.79 Å². The summed E-state index contributed by atoms with van der Waals surface area (Å²) in [4.78, 5) is 18.8. The largest absolute Gasteiger partial charge is 0.348 e. The van der Waals surface area contributed by atoms with Crippen LogP contribution in [-0.2, 0) is 0 Å². The quantitative estimate of drug-likeness (QED) is 0.893. The highest BCUT2D eigenvalue weighted by molar-refractivity contribution is 7.10. The summed E-state index contributed by atoms with van der Waals surface area (Å²) >= 11 is 1.77. The van der Waals surface area contributed by atoms with Gasteiger partial charge in [0.15, 0.2) is 0 Å². The monoisotopic (exact) mass is 357 g/mol. The third-order valence-corrected chi connectivity index (χ3v) is 5.86. The Morgan fingerprint density at radius 2 is 1.80 bits per heavy atom. The predicted molar refractivity (Wildman–Crippen MR) is 104 cm³/mol. The van der Waals surface area contributed by atoms with E-state index in [-0.39, 0.29) is 18.0 Å². The van der Waals surface area contributed by atoms with Crippen LogP contribution in [0.4, 0.5) is 0 Å². The van der Waals surface area contributed by atoms with E-state index >= 15 is 0 Å². The van der Waals surface area contributed by atoms with Crippen LogP contribution >= 0.6 is 11.3 Å². The fourth-order valence-electron chi connectivity index (χ4n) is 3.38. The zero-order valence-corrected chi connectivity index (χ0v) is 16.1. The second kappa shape index (κ2) is 8.13. The van der Waals surface area contributed by atoms with Gasteiger partial charge in [0.25, 0.3) is 5.91 Å². The summed E-state index contributed by atoms with van der Waals surface area (Å²) in [5, 5.41) is 5.34. The molecule has 1 fully saturated rings. The number of amides is 1. The Morgan fingerprint density at radius 3 is 2.40 bits per heavy atom. The standard InChI is InChI=1S/C20H27N3OS/c1-15-6-8-17(9-7-15)20(24)21-16(2)19(18-5-4-14-25-18)23-12-10-22(3)11-13-23/h4-9,14,16,19H,10-13H2,1-3H3,(H,21,24)/t16-,19+/m0/s1. The molecule has 0 radical (unpaired) electrons. The van der Waals surface area contributed by atoms with Gasteiger partial charge in [-0.15, -0.1) is 11.3 Å². The van der Waals surface area contributed by atoms with Crippen molar-refractivity contribution in [3.63, 3.8) is 0 Å². The van der Waals surface area contributed by atoms with Crippen LogP contribution in [0.5, 0.6) is 0 Å². The van der Waals surface area contributed by atoms with Crippen LogP contribution in [0.3, 0.4) is 0 Å². The molecule has 1 saturated heterocycles. The third kappa shape index (κ3) is 4.48. The minimum atomic E-state index is 0.00295. The molecule has 0 aliphatic carbocycles. The molecule has 0 saturated carbocycles. The first kappa shape index (κ1) is 18.1. The normalized spacial score (nSPS) is 18.7. The SMILES string of the molecule is Cc1ccc(C(=O)N[C@@H](C)[C@H](c2cccs2)N2CCN(C)CC2)cc1. The highest BCUT2D eigenvalue weighted by atomic mass is 32.1. The molecule has 2 aromatic rings. The number of hydrogen-bond donors (Lipinski definition) is 1. The molecule has 134 valence electrons. The summed E-state index contributed by atoms with van der Waals surface area (Å²) in [6.07, 6.45) is 0. The molecule has 3 rings (SSSR count). The average molecular weight is 358 g/mol. The molecule has 1 amide bonds. The number of hydrogen-bond acceptors (Lipinski definition) is 4. The maximum Gasteiger partial charge on any atom is 0.251 e. The number of carbonyl (C=O) groups excluding carboxylic acids is 1. The highest BCUT2D eigenvalue weighted by Crippen LogP contribution is 2.29. The Morgan fingerprint density at radius 1 is 1.12 bits per heavy atom. The number of thiophene rings is 1. The molecule has 5 heteroatoms. The Bertz CT molecular complexity index is 675. The Hall–Kier alpha value is -1.69. The van der Waals surface area contributed by atoms with Crippen molar-refractivity contribution in [1.82, 2.24) is 15.1 Å². The second-order valence-electron chi connectivity index (χ2n) is 6.93. The number of benzene rings is 1. The molecule has 1 aliphatic heterocycles. The first-order valence-electron chi connectivity index (χ1n) is 8.88. The van der Waals surface area contributed by atoms with Crippen molar-refractivity contribution in [2.45, 2.75) is 25.9 Å². The van der Waals surface area contributed by atoms with E-state index in [1.165, 1.54) is 10.4 Å². The molecule has 1 aromatic carbocycles. The topological polar surface area (TPSA) is 35.6 Å². The molecule has 1 aromatic heterocycles. The van der Waals surface area contributed by atoms with Gasteiger partial charge in [0.1, 0.15) is 0 Å². The van der Waals surface area contributed by atoms with E-state index in [0.29, 0.717) is 0 Å². The van der Waals surface area contributed by atoms with Crippen molar-refractivity contribution in [3.05, 3.63) is 57.8 Å². The fourth-order valence-corrected chi connectivity index (χ4v) is 4.34. The summed E-state index contributed by atoms with van der Waals surface area (Å²) in [6, 6.07) is 12.3. The van der Waals surface area contributed by atoms with Gasteiger partial charge in [0.05, 0.1) is 6.04 Å². The maximum absolute atomic E-state index is 12.6. The number of nitrogens with one attached hydrogen (secondary N) is 1. The molecule has 0 bridgehead atoms. The number of likely N-dealkylation sites (N-methyl/N-ethyl adjacent to an activating group) is 1. The van der Waals surface area contributed by atoms with Crippen LogP contribution in [0.1, 0.15) is 33.8 Å². The van der Waals surface area contributed by atoms with Gasteiger partial charge in [-0.2, -0.15) is 0 Å². The van der Waals surface area contributed by atoms with E-state index in [1.807, 2.05) is 31.2 Å². The van der Waals surface area contributed by atoms with Crippen molar-refractivity contribution in [2.75, 3.05) is 33.2 Å². The van der Waals surface area contributed by atoms with Gasteiger partial charge >= 0.3 is 0 Å². The van der Waals surface area contributed by atoms with Crippen LogP contribution in [0.2, 0.25) is 0 Å². The molecule has 2 heterocycles. The van der Waals surface area contributed by atoms with E-state index < -0.39 is 0 Å². The third-order valence-electron chi connectivity index (χ3n) is 4.91. The van der Waals surface area contributed by atoms with Crippen molar-refractivity contribution >= 4 is 17.2 Å². The minimum Gasteiger partial charge on any atom is -0.348 e. The van der Waals surface area contributed by atoms with E-state index in [0.717, 1.165) is 31.7 Å². The molecule has 25 heavy (non-hydrogen) atoms. The van der Waals surface area contributed by atoms with E-state index in [2.05, 4.69) is 46.6 Å². The Balaban J connectivity index is 1.74. The lowest BCUT2D eigenvalue weighted by Crippen LogP contribution is -2.51. The summed E-state index contributed by atoms with van der Waals surface area (Å²) in [6.45, 7) is 8.36. The molecular formula is C20H27N3OS. The maximum atomic E-state index is 12.6. The zero-order valence-electron chi connectivity index (χ0n) is 15.2. The lowest BCUT2D eigenvalue weighted by Gasteiger charge is -2.40. The summed E-state index contributed by atoms with van der Waals surface area (Å²) in [7, 11) is 2.17. The van der Waals surface area contributed by atoms with E-state index in [9.17, 15) is 4.79 Å². The number of piperazine rings is 1. The summed E-state index contributed by atoms with van der Waals surface area (Å²) in [5.74, 6) is 0.00295. The molecule has 4 nitrogen and oxygen atoms in total. The summed E-state index contributed by atoms with van der Waals surface area (Å²) in [5.41, 5.74) is 1.89. The lowest BCUT2D eigenvalue weighted by molar-refractivity contribution is 0.0799. The first-order valence-corrected chi connectivity index (χ1v) is 9.76. The molecule has 1 N–H and O–H groups in total. The average Bonchev–Trinajstić information content (AvgIpc) is 3.11. The van der Waals surface area contributed by atoms with Gasteiger partial charge in [0.2, 0.25) is 0 Å².